The van der Waals surface area contributed by atoms with Gasteiger partial charge in [0.1, 0.15) is 0 Å². The van der Waals surface area contributed by atoms with Crippen LogP contribution in [0.1, 0.15) is 18.5 Å². The molecule has 1 N–H and O–H groups in total. The van der Waals surface area contributed by atoms with E-state index in [4.69, 9.17) is 12.2 Å². The fourth-order valence-corrected chi connectivity index (χ4v) is 2.31. The number of aromatic amines is 1. The molecule has 1 aromatic carbocycles. The molecule has 0 radical (unpaired) electrons. The Kier molecular flexibility index (Phi) is 2.61. The fourth-order valence-electron chi connectivity index (χ4n) is 2.11. The third kappa shape index (κ3) is 1.94. The van der Waals surface area contributed by atoms with Gasteiger partial charge in [-0.15, -0.1) is 0 Å². The summed E-state index contributed by atoms with van der Waals surface area (Å²) in [6.45, 7) is 0. The van der Waals surface area contributed by atoms with Crippen molar-refractivity contribution in [2.24, 2.45) is 0 Å². The molecule has 0 unspecified atom stereocenters. The normalized spacial score (nSPS) is 14.9. The quantitative estimate of drug-likeness (QED) is 0.762. The fraction of sp³-hybridized carbons (Fsp3) is 0.143. The summed E-state index contributed by atoms with van der Waals surface area (Å²) in [4.78, 5) is 7.59. The standard InChI is InChI=1S/C14H12N2S/c17-14-15-12-9-5-4-8-11(12)13(16-14)10-6-2-1-3-7-10/h2,4-9H,1,3H2,(H,15,16,17). The second kappa shape index (κ2) is 4.26. The Balaban J connectivity index is 2.31. The molecule has 0 amide bonds. The zero-order valence-electron chi connectivity index (χ0n) is 9.31. The molecule has 0 bridgehead atoms. The minimum absolute atomic E-state index is 0.540. The summed E-state index contributed by atoms with van der Waals surface area (Å²) < 4.78 is 0.540. The first-order valence-corrected chi connectivity index (χ1v) is 6.11. The Morgan fingerprint density at radius 2 is 2.06 bits per heavy atom. The van der Waals surface area contributed by atoms with Gasteiger partial charge in [-0.3, -0.25) is 0 Å². The number of hydrogen-bond acceptors (Lipinski definition) is 2. The molecule has 17 heavy (non-hydrogen) atoms. The van der Waals surface area contributed by atoms with Crippen molar-refractivity contribution >= 4 is 28.7 Å². The predicted octanol–water partition coefficient (Wildman–Crippen LogP) is 4.03. The van der Waals surface area contributed by atoms with E-state index in [1.807, 2.05) is 18.2 Å². The first-order valence-electron chi connectivity index (χ1n) is 5.71. The zero-order valence-corrected chi connectivity index (χ0v) is 10.1. The smallest absolute Gasteiger partial charge is 0.197 e. The average molecular weight is 240 g/mol. The van der Waals surface area contributed by atoms with Gasteiger partial charge in [0.25, 0.3) is 0 Å². The van der Waals surface area contributed by atoms with Crippen LogP contribution in [0.5, 0.6) is 0 Å². The van der Waals surface area contributed by atoms with Crippen LogP contribution < -0.4 is 0 Å². The maximum atomic E-state index is 5.18. The minimum atomic E-state index is 0.540. The Labute approximate surface area is 105 Å². The Morgan fingerprint density at radius 3 is 2.88 bits per heavy atom. The van der Waals surface area contributed by atoms with Crippen LogP contribution in [0.3, 0.4) is 0 Å². The molecule has 3 heteroatoms. The molecule has 2 aromatic rings. The molecule has 2 nitrogen and oxygen atoms in total. The van der Waals surface area contributed by atoms with E-state index in [9.17, 15) is 0 Å². The summed E-state index contributed by atoms with van der Waals surface area (Å²) >= 11 is 5.18. The van der Waals surface area contributed by atoms with Crippen molar-refractivity contribution < 1.29 is 0 Å². The molecule has 1 heterocycles. The lowest BCUT2D eigenvalue weighted by Crippen LogP contribution is -1.95. The van der Waals surface area contributed by atoms with E-state index in [1.54, 1.807) is 0 Å². The first-order chi connectivity index (χ1) is 8.34. The predicted molar refractivity (Wildman–Crippen MR) is 73.3 cm³/mol. The lowest BCUT2D eigenvalue weighted by Gasteiger charge is -2.09. The van der Waals surface area contributed by atoms with Crippen LogP contribution in [0.4, 0.5) is 0 Å². The molecule has 1 aromatic heterocycles. The zero-order chi connectivity index (χ0) is 11.7. The highest BCUT2D eigenvalue weighted by Crippen LogP contribution is 2.25. The lowest BCUT2D eigenvalue weighted by atomic mass is 10.0. The second-order valence-electron chi connectivity index (χ2n) is 4.08. The number of benzene rings is 1. The van der Waals surface area contributed by atoms with Crippen molar-refractivity contribution in [3.8, 4) is 0 Å². The van der Waals surface area contributed by atoms with E-state index in [0.717, 1.165) is 29.4 Å². The van der Waals surface area contributed by atoms with E-state index in [-0.39, 0.29) is 0 Å². The number of hydrogen-bond donors (Lipinski definition) is 1. The molecule has 0 fully saturated rings. The summed E-state index contributed by atoms with van der Waals surface area (Å²) in [6.07, 6.45) is 8.73. The third-order valence-corrected chi connectivity index (χ3v) is 3.10. The second-order valence-corrected chi connectivity index (χ2v) is 4.46. The molecule has 84 valence electrons. The van der Waals surface area contributed by atoms with Gasteiger partial charge in [0.05, 0.1) is 5.69 Å². The van der Waals surface area contributed by atoms with Crippen molar-refractivity contribution in [3.63, 3.8) is 0 Å². The Bertz CT molecular complexity index is 680. The van der Waals surface area contributed by atoms with Crippen molar-refractivity contribution in [2.75, 3.05) is 0 Å². The maximum Gasteiger partial charge on any atom is 0.197 e. The average Bonchev–Trinajstić information content (AvgIpc) is 2.39. The number of nitrogens with zero attached hydrogens (tertiary/aromatic N) is 1. The van der Waals surface area contributed by atoms with Crippen molar-refractivity contribution in [1.82, 2.24) is 9.97 Å². The molecule has 0 aliphatic heterocycles. The van der Waals surface area contributed by atoms with E-state index < -0.39 is 0 Å². The van der Waals surface area contributed by atoms with Crippen LogP contribution in [0, 0.1) is 4.77 Å². The molecule has 0 saturated heterocycles. The van der Waals surface area contributed by atoms with Crippen LogP contribution >= 0.6 is 12.2 Å². The molecule has 0 saturated carbocycles. The molecule has 0 spiro atoms. The molecular weight excluding hydrogens is 228 g/mol. The number of allylic oxidation sites excluding steroid dienone is 4. The highest BCUT2D eigenvalue weighted by Gasteiger charge is 2.08. The number of nitrogens with one attached hydrogen (secondary N) is 1. The summed E-state index contributed by atoms with van der Waals surface area (Å²) in [5, 5.41) is 1.12. The Hall–Kier alpha value is -1.74. The summed E-state index contributed by atoms with van der Waals surface area (Å²) in [6, 6.07) is 8.13. The van der Waals surface area contributed by atoms with Crippen LogP contribution in [-0.4, -0.2) is 9.97 Å². The SMILES string of the molecule is S=c1nc(C2=CCCC=C2)c2ccccc2[nH]1. The maximum absolute atomic E-state index is 5.18. The van der Waals surface area contributed by atoms with Gasteiger partial charge in [-0.05, 0) is 36.7 Å². The molecule has 3 rings (SSSR count). The Morgan fingerprint density at radius 1 is 1.18 bits per heavy atom. The number of para-hydroxylation sites is 1. The highest BCUT2D eigenvalue weighted by molar-refractivity contribution is 7.71. The van der Waals surface area contributed by atoms with E-state index in [0.29, 0.717) is 4.77 Å². The molecule has 1 aliphatic rings. The monoisotopic (exact) mass is 240 g/mol. The van der Waals surface area contributed by atoms with Crippen LogP contribution in [0.15, 0.2) is 42.5 Å². The van der Waals surface area contributed by atoms with Crippen LogP contribution in [-0.2, 0) is 0 Å². The first kappa shape index (κ1) is 10.4. The van der Waals surface area contributed by atoms with Gasteiger partial charge in [-0.25, -0.2) is 4.98 Å². The topological polar surface area (TPSA) is 28.7 Å². The number of rotatable bonds is 1. The van der Waals surface area contributed by atoms with Gasteiger partial charge in [0.15, 0.2) is 4.77 Å². The number of fused-ring (bicyclic) bond motifs is 1. The van der Waals surface area contributed by atoms with E-state index in [2.05, 4.69) is 34.3 Å². The third-order valence-electron chi connectivity index (χ3n) is 2.91. The van der Waals surface area contributed by atoms with Crippen LogP contribution in [0.25, 0.3) is 16.5 Å². The minimum Gasteiger partial charge on any atom is -0.330 e. The lowest BCUT2D eigenvalue weighted by molar-refractivity contribution is 1.04. The van der Waals surface area contributed by atoms with Gasteiger partial charge in [0, 0.05) is 10.9 Å². The van der Waals surface area contributed by atoms with Gasteiger partial charge in [-0.2, -0.15) is 0 Å². The van der Waals surface area contributed by atoms with Gasteiger partial charge in [-0.1, -0.05) is 36.4 Å². The van der Waals surface area contributed by atoms with Gasteiger partial charge >= 0.3 is 0 Å². The number of aromatic nitrogens is 2. The van der Waals surface area contributed by atoms with Crippen molar-refractivity contribution in [2.45, 2.75) is 12.8 Å². The molecular formula is C14H12N2S. The van der Waals surface area contributed by atoms with E-state index in [1.165, 1.54) is 5.57 Å². The van der Waals surface area contributed by atoms with Crippen LogP contribution in [0.2, 0.25) is 0 Å². The molecule has 0 atom stereocenters. The summed E-state index contributed by atoms with van der Waals surface area (Å²) in [7, 11) is 0. The largest absolute Gasteiger partial charge is 0.330 e. The van der Waals surface area contributed by atoms with Gasteiger partial charge < -0.3 is 4.98 Å². The van der Waals surface area contributed by atoms with Crippen molar-refractivity contribution in [1.29, 1.82) is 0 Å². The van der Waals surface area contributed by atoms with Gasteiger partial charge in [0.2, 0.25) is 0 Å². The van der Waals surface area contributed by atoms with Crippen molar-refractivity contribution in [3.05, 3.63) is 53.0 Å². The van der Waals surface area contributed by atoms with E-state index >= 15 is 0 Å². The summed E-state index contributed by atoms with van der Waals surface area (Å²) in [5.74, 6) is 0. The summed E-state index contributed by atoms with van der Waals surface area (Å²) in [5.41, 5.74) is 3.20. The number of H-pyrrole nitrogens is 1. The highest BCUT2D eigenvalue weighted by atomic mass is 32.1. The molecule has 1 aliphatic carbocycles.